The Hall–Kier alpha value is -0.940. The topological polar surface area (TPSA) is 54.4 Å². The Morgan fingerprint density at radius 1 is 1.32 bits per heavy atom. The quantitative estimate of drug-likeness (QED) is 0.908. The summed E-state index contributed by atoms with van der Waals surface area (Å²) in [5.41, 5.74) is 1.49. The molecule has 106 valence electrons. The molecule has 19 heavy (non-hydrogen) atoms. The summed E-state index contributed by atoms with van der Waals surface area (Å²) in [6.45, 7) is 3.47. The number of aryl methyl sites for hydroxylation is 2. The van der Waals surface area contributed by atoms with Gasteiger partial charge in [-0.1, -0.05) is 12.5 Å². The number of hydrogen-bond donors (Lipinski definition) is 1. The minimum absolute atomic E-state index is 0.0846. The second-order valence-corrected chi connectivity index (χ2v) is 7.66. The van der Waals surface area contributed by atoms with Crippen LogP contribution in [0.3, 0.4) is 0 Å². The summed E-state index contributed by atoms with van der Waals surface area (Å²) in [5.74, 6) is -0.438. The smallest absolute Gasteiger partial charge is 0.156 e. The lowest BCUT2D eigenvalue weighted by atomic mass is 9.96. The van der Waals surface area contributed by atoms with Crippen molar-refractivity contribution in [2.24, 2.45) is 0 Å². The highest BCUT2D eigenvalue weighted by molar-refractivity contribution is 7.92. The van der Waals surface area contributed by atoms with Gasteiger partial charge in [-0.25, -0.2) is 12.8 Å². The monoisotopic (exact) mass is 286 g/mol. The van der Waals surface area contributed by atoms with Gasteiger partial charge in [-0.05, 0) is 43.9 Å². The third-order valence-corrected chi connectivity index (χ3v) is 6.03. The zero-order valence-corrected chi connectivity index (χ0v) is 12.0. The molecule has 1 aliphatic heterocycles. The summed E-state index contributed by atoms with van der Waals surface area (Å²) in [4.78, 5) is 0. The van der Waals surface area contributed by atoms with E-state index in [-0.39, 0.29) is 11.3 Å². The lowest BCUT2D eigenvalue weighted by molar-refractivity contribution is 0.159. The molecule has 1 aliphatic rings. The molecular weight excluding hydrogens is 267 g/mol. The second-order valence-electron chi connectivity index (χ2n) is 5.32. The zero-order chi connectivity index (χ0) is 14.2. The molecule has 2 rings (SSSR count). The minimum atomic E-state index is -3.33. The van der Waals surface area contributed by atoms with Gasteiger partial charge in [0.1, 0.15) is 5.82 Å². The predicted octanol–water partition coefficient (Wildman–Crippen LogP) is 2.44. The number of aliphatic hydroxyl groups excluding tert-OH is 1. The van der Waals surface area contributed by atoms with Crippen molar-refractivity contribution in [2.75, 3.05) is 5.75 Å². The van der Waals surface area contributed by atoms with E-state index in [4.69, 9.17) is 0 Å². The fourth-order valence-electron chi connectivity index (χ4n) is 2.82. The normalized spacial score (nSPS) is 24.1. The molecule has 0 radical (unpaired) electrons. The lowest BCUT2D eigenvalue weighted by Gasteiger charge is -2.28. The van der Waals surface area contributed by atoms with Crippen LogP contribution in [0.4, 0.5) is 4.39 Å². The Labute approximate surface area is 113 Å². The Bertz CT molecular complexity index is 557. The van der Waals surface area contributed by atoms with Gasteiger partial charge >= 0.3 is 0 Å². The zero-order valence-electron chi connectivity index (χ0n) is 11.2. The first-order valence-corrected chi connectivity index (χ1v) is 8.21. The summed E-state index contributed by atoms with van der Waals surface area (Å²) in [5, 5.41) is 9.44. The van der Waals surface area contributed by atoms with E-state index >= 15 is 0 Å². The van der Waals surface area contributed by atoms with Crippen molar-refractivity contribution in [3.63, 3.8) is 0 Å². The van der Waals surface area contributed by atoms with E-state index in [1.165, 1.54) is 6.07 Å². The number of aliphatic hydroxyl groups is 1. The van der Waals surface area contributed by atoms with Crippen LogP contribution in [0.25, 0.3) is 0 Å². The van der Waals surface area contributed by atoms with Gasteiger partial charge in [0.05, 0.1) is 17.1 Å². The van der Waals surface area contributed by atoms with Crippen LogP contribution in [0.5, 0.6) is 0 Å². The summed E-state index contributed by atoms with van der Waals surface area (Å²) in [6, 6.07) is 3.10. The van der Waals surface area contributed by atoms with Crippen molar-refractivity contribution in [3.8, 4) is 0 Å². The molecule has 1 fully saturated rings. The maximum absolute atomic E-state index is 14.0. The maximum atomic E-state index is 14.0. The summed E-state index contributed by atoms with van der Waals surface area (Å²) >= 11 is 0. The number of halogens is 1. The number of hydrogen-bond acceptors (Lipinski definition) is 3. The van der Waals surface area contributed by atoms with Crippen LogP contribution in [0.2, 0.25) is 0 Å². The van der Waals surface area contributed by atoms with Gasteiger partial charge in [-0.3, -0.25) is 0 Å². The van der Waals surface area contributed by atoms with Crippen molar-refractivity contribution >= 4 is 9.84 Å². The van der Waals surface area contributed by atoms with Gasteiger partial charge in [-0.2, -0.15) is 0 Å². The van der Waals surface area contributed by atoms with Gasteiger partial charge in [-0.15, -0.1) is 0 Å². The van der Waals surface area contributed by atoms with Gasteiger partial charge < -0.3 is 5.11 Å². The second kappa shape index (κ2) is 5.21. The molecule has 0 spiro atoms. The molecule has 1 N–H and O–H groups in total. The van der Waals surface area contributed by atoms with Crippen LogP contribution in [-0.4, -0.2) is 24.5 Å². The third-order valence-electron chi connectivity index (χ3n) is 3.76. The molecule has 2 atom stereocenters. The van der Waals surface area contributed by atoms with Crippen LogP contribution in [0.1, 0.15) is 42.1 Å². The van der Waals surface area contributed by atoms with E-state index in [0.29, 0.717) is 18.4 Å². The molecule has 0 amide bonds. The van der Waals surface area contributed by atoms with Crippen molar-refractivity contribution < 1.29 is 17.9 Å². The number of rotatable bonds is 2. The number of sulfone groups is 1. The van der Waals surface area contributed by atoms with Crippen molar-refractivity contribution in [2.45, 2.75) is 44.5 Å². The lowest BCUT2D eigenvalue weighted by Crippen LogP contribution is -2.34. The van der Waals surface area contributed by atoms with Crippen molar-refractivity contribution in [1.29, 1.82) is 0 Å². The van der Waals surface area contributed by atoms with Crippen molar-refractivity contribution in [1.82, 2.24) is 0 Å². The van der Waals surface area contributed by atoms with Crippen LogP contribution in [0, 0.1) is 19.7 Å². The Morgan fingerprint density at radius 3 is 2.58 bits per heavy atom. The third kappa shape index (κ3) is 2.82. The molecule has 5 heteroatoms. The van der Waals surface area contributed by atoms with E-state index in [2.05, 4.69) is 0 Å². The Balaban J connectivity index is 2.42. The first-order chi connectivity index (χ1) is 8.83. The average Bonchev–Trinajstić information content (AvgIpc) is 2.26. The van der Waals surface area contributed by atoms with Gasteiger partial charge in [0.25, 0.3) is 0 Å². The molecule has 0 saturated carbocycles. The fraction of sp³-hybridized carbons (Fsp3) is 0.571. The molecule has 1 saturated heterocycles. The minimum Gasteiger partial charge on any atom is -0.387 e. The summed E-state index contributed by atoms with van der Waals surface area (Å²) < 4.78 is 38.0. The van der Waals surface area contributed by atoms with E-state index in [0.717, 1.165) is 12.0 Å². The van der Waals surface area contributed by atoms with E-state index < -0.39 is 27.0 Å². The molecule has 1 aromatic carbocycles. The van der Waals surface area contributed by atoms with E-state index in [1.54, 1.807) is 19.9 Å². The fourth-order valence-corrected chi connectivity index (χ4v) is 4.79. The Morgan fingerprint density at radius 2 is 2.00 bits per heavy atom. The summed E-state index contributed by atoms with van der Waals surface area (Å²) in [7, 11) is -3.33. The average molecular weight is 286 g/mol. The molecule has 0 bridgehead atoms. The number of benzene rings is 1. The molecule has 3 nitrogen and oxygen atoms in total. The first kappa shape index (κ1) is 14.5. The summed E-state index contributed by atoms with van der Waals surface area (Å²) in [6.07, 6.45) is 0.510. The molecule has 2 unspecified atom stereocenters. The SMILES string of the molecule is Cc1cc(C)c(C(O)C2CCCCS2(=O)=O)c(F)c1. The van der Waals surface area contributed by atoms with Gasteiger partial charge in [0, 0.05) is 5.56 Å². The highest BCUT2D eigenvalue weighted by Crippen LogP contribution is 2.33. The first-order valence-electron chi connectivity index (χ1n) is 6.49. The van der Waals surface area contributed by atoms with E-state index in [1.807, 2.05) is 0 Å². The van der Waals surface area contributed by atoms with E-state index in [9.17, 15) is 17.9 Å². The van der Waals surface area contributed by atoms with Crippen LogP contribution in [0.15, 0.2) is 12.1 Å². The molecular formula is C14H19FO3S. The standard InChI is InChI=1S/C14H19FO3S/c1-9-7-10(2)13(11(15)8-9)14(16)12-5-3-4-6-19(12,17)18/h7-8,12,14,16H,3-6H2,1-2H3. The molecule has 1 aromatic rings. The maximum Gasteiger partial charge on any atom is 0.156 e. The van der Waals surface area contributed by atoms with Gasteiger partial charge in [0.15, 0.2) is 9.84 Å². The largest absolute Gasteiger partial charge is 0.387 e. The highest BCUT2D eigenvalue weighted by Gasteiger charge is 2.37. The van der Waals surface area contributed by atoms with Crippen LogP contribution in [-0.2, 0) is 9.84 Å². The Kier molecular flexibility index (Phi) is 3.97. The predicted molar refractivity (Wildman–Crippen MR) is 72.3 cm³/mol. The van der Waals surface area contributed by atoms with Gasteiger partial charge in [0.2, 0.25) is 0 Å². The van der Waals surface area contributed by atoms with Crippen molar-refractivity contribution in [3.05, 3.63) is 34.6 Å². The van der Waals surface area contributed by atoms with Crippen LogP contribution >= 0.6 is 0 Å². The highest BCUT2D eigenvalue weighted by atomic mass is 32.2. The van der Waals surface area contributed by atoms with Crippen LogP contribution < -0.4 is 0 Å². The molecule has 0 aliphatic carbocycles. The molecule has 0 aromatic heterocycles. The molecule has 1 heterocycles.